The van der Waals surface area contributed by atoms with Crippen molar-refractivity contribution in [2.45, 2.75) is 12.6 Å². The highest BCUT2D eigenvalue weighted by Crippen LogP contribution is 2.11. The highest BCUT2D eigenvalue weighted by Gasteiger charge is 2.13. The third kappa shape index (κ3) is 2.31. The van der Waals surface area contributed by atoms with E-state index in [0.29, 0.717) is 6.54 Å². The molecular weight excluding hydrogens is 188 g/mol. The number of carbonyl (C=O) groups excluding carboxylic acids is 1. The Kier molecular flexibility index (Phi) is 2.93. The standard InChI is InChI=1S/C12H12N2O/c15-10-12-5-1-2-7-14(12)9-11-4-3-6-13-8-11/h1-8,10,12H,9H2. The Bertz CT molecular complexity index is 384. The molecule has 1 unspecified atom stereocenters. The van der Waals surface area contributed by atoms with Crippen LogP contribution in [0.15, 0.2) is 49.0 Å². The quantitative estimate of drug-likeness (QED) is 0.694. The molecule has 0 N–H and O–H groups in total. The summed E-state index contributed by atoms with van der Waals surface area (Å²) in [4.78, 5) is 16.8. The number of aromatic nitrogens is 1. The van der Waals surface area contributed by atoms with Crippen LogP contribution < -0.4 is 0 Å². The Labute approximate surface area is 88.7 Å². The summed E-state index contributed by atoms with van der Waals surface area (Å²) in [5.41, 5.74) is 1.10. The summed E-state index contributed by atoms with van der Waals surface area (Å²) in [6.07, 6.45) is 12.1. The van der Waals surface area contributed by atoms with Crippen LogP contribution in [0, 0.1) is 0 Å². The Morgan fingerprint density at radius 2 is 2.40 bits per heavy atom. The number of nitrogens with zero attached hydrogens (tertiary/aromatic N) is 2. The molecule has 0 bridgehead atoms. The van der Waals surface area contributed by atoms with Crippen molar-refractivity contribution < 1.29 is 4.79 Å². The summed E-state index contributed by atoms with van der Waals surface area (Å²) < 4.78 is 0. The second kappa shape index (κ2) is 4.55. The maximum absolute atomic E-state index is 10.8. The number of aldehydes is 1. The van der Waals surface area contributed by atoms with Gasteiger partial charge in [-0.25, -0.2) is 0 Å². The minimum atomic E-state index is -0.157. The minimum absolute atomic E-state index is 0.157. The molecule has 0 saturated carbocycles. The second-order valence-corrected chi connectivity index (χ2v) is 3.39. The molecule has 1 aliphatic heterocycles. The molecule has 3 nitrogen and oxygen atoms in total. The second-order valence-electron chi connectivity index (χ2n) is 3.39. The van der Waals surface area contributed by atoms with Crippen LogP contribution >= 0.6 is 0 Å². The molecule has 1 atom stereocenters. The fraction of sp³-hybridized carbons (Fsp3) is 0.167. The predicted molar refractivity (Wildman–Crippen MR) is 57.9 cm³/mol. The lowest BCUT2D eigenvalue weighted by Gasteiger charge is -2.26. The SMILES string of the molecule is O=CC1C=CC=CN1Cc1cccnc1. The normalized spacial score (nSPS) is 19.2. The van der Waals surface area contributed by atoms with E-state index in [1.54, 1.807) is 6.20 Å². The zero-order valence-electron chi connectivity index (χ0n) is 8.28. The van der Waals surface area contributed by atoms with E-state index >= 15 is 0 Å². The van der Waals surface area contributed by atoms with E-state index in [-0.39, 0.29) is 6.04 Å². The fourth-order valence-corrected chi connectivity index (χ4v) is 1.53. The van der Waals surface area contributed by atoms with E-state index in [9.17, 15) is 4.79 Å². The molecule has 0 aromatic carbocycles. The highest BCUT2D eigenvalue weighted by molar-refractivity contribution is 5.62. The van der Waals surface area contributed by atoms with Crippen LogP contribution in [-0.2, 0) is 11.3 Å². The maximum atomic E-state index is 10.8. The summed E-state index contributed by atoms with van der Waals surface area (Å²) in [5, 5.41) is 0. The molecular formula is C12H12N2O. The van der Waals surface area contributed by atoms with Gasteiger partial charge in [-0.1, -0.05) is 18.2 Å². The molecule has 0 aliphatic carbocycles. The average molecular weight is 200 g/mol. The number of carbonyl (C=O) groups is 1. The summed E-state index contributed by atoms with van der Waals surface area (Å²) in [6.45, 7) is 0.706. The van der Waals surface area contributed by atoms with Crippen molar-refractivity contribution in [1.82, 2.24) is 9.88 Å². The van der Waals surface area contributed by atoms with E-state index in [0.717, 1.165) is 11.8 Å². The first-order chi connectivity index (χ1) is 7.40. The van der Waals surface area contributed by atoms with Gasteiger partial charge in [0.1, 0.15) is 12.3 Å². The van der Waals surface area contributed by atoms with E-state index in [1.165, 1.54) is 0 Å². The van der Waals surface area contributed by atoms with Gasteiger partial charge in [-0.15, -0.1) is 0 Å². The van der Waals surface area contributed by atoms with Gasteiger partial charge in [0.15, 0.2) is 0 Å². The van der Waals surface area contributed by atoms with Gasteiger partial charge in [0, 0.05) is 25.1 Å². The van der Waals surface area contributed by atoms with Crippen molar-refractivity contribution in [2.75, 3.05) is 0 Å². The minimum Gasteiger partial charge on any atom is -0.360 e. The Hall–Kier alpha value is -1.90. The largest absolute Gasteiger partial charge is 0.360 e. The smallest absolute Gasteiger partial charge is 0.146 e. The third-order valence-corrected chi connectivity index (χ3v) is 2.31. The zero-order valence-corrected chi connectivity index (χ0v) is 8.28. The van der Waals surface area contributed by atoms with E-state index in [1.807, 2.05) is 47.7 Å². The van der Waals surface area contributed by atoms with Crippen LogP contribution in [0.4, 0.5) is 0 Å². The number of hydrogen-bond acceptors (Lipinski definition) is 3. The Morgan fingerprint density at radius 3 is 3.13 bits per heavy atom. The molecule has 0 saturated heterocycles. The number of allylic oxidation sites excluding steroid dienone is 2. The summed E-state index contributed by atoms with van der Waals surface area (Å²) >= 11 is 0. The molecule has 2 rings (SSSR count). The van der Waals surface area contributed by atoms with Crippen LogP contribution in [0.25, 0.3) is 0 Å². The van der Waals surface area contributed by atoms with Crippen molar-refractivity contribution in [1.29, 1.82) is 0 Å². The van der Waals surface area contributed by atoms with Gasteiger partial charge >= 0.3 is 0 Å². The van der Waals surface area contributed by atoms with Crippen molar-refractivity contribution in [3.8, 4) is 0 Å². The fourth-order valence-electron chi connectivity index (χ4n) is 1.53. The molecule has 1 aliphatic rings. The van der Waals surface area contributed by atoms with E-state index in [4.69, 9.17) is 0 Å². The van der Waals surface area contributed by atoms with E-state index < -0.39 is 0 Å². The van der Waals surface area contributed by atoms with Crippen LogP contribution in [0.5, 0.6) is 0 Å². The van der Waals surface area contributed by atoms with Gasteiger partial charge in [-0.3, -0.25) is 4.98 Å². The van der Waals surface area contributed by atoms with Gasteiger partial charge < -0.3 is 9.69 Å². The first kappa shape index (κ1) is 9.65. The molecule has 3 heteroatoms. The molecule has 0 fully saturated rings. The van der Waals surface area contributed by atoms with Crippen molar-refractivity contribution in [3.63, 3.8) is 0 Å². The Balaban J connectivity index is 2.08. The first-order valence-corrected chi connectivity index (χ1v) is 4.85. The average Bonchev–Trinajstić information content (AvgIpc) is 2.31. The lowest BCUT2D eigenvalue weighted by Crippen LogP contribution is -2.31. The number of rotatable bonds is 3. The predicted octanol–water partition coefficient (Wildman–Crippen LogP) is 1.53. The Morgan fingerprint density at radius 1 is 1.47 bits per heavy atom. The molecule has 0 spiro atoms. The van der Waals surface area contributed by atoms with Gasteiger partial charge in [-0.2, -0.15) is 0 Å². The molecule has 0 amide bonds. The summed E-state index contributed by atoms with van der Waals surface area (Å²) in [5.74, 6) is 0. The first-order valence-electron chi connectivity index (χ1n) is 4.85. The van der Waals surface area contributed by atoms with Gasteiger partial charge in [0.25, 0.3) is 0 Å². The number of pyridine rings is 1. The maximum Gasteiger partial charge on any atom is 0.146 e. The van der Waals surface area contributed by atoms with Gasteiger partial charge in [0.2, 0.25) is 0 Å². The number of hydrogen-bond donors (Lipinski definition) is 0. The van der Waals surface area contributed by atoms with Crippen LogP contribution in [0.3, 0.4) is 0 Å². The van der Waals surface area contributed by atoms with Gasteiger partial charge in [-0.05, 0) is 17.7 Å². The van der Waals surface area contributed by atoms with Crippen LogP contribution in [0.2, 0.25) is 0 Å². The van der Waals surface area contributed by atoms with Gasteiger partial charge in [0.05, 0.1) is 0 Å². The monoisotopic (exact) mass is 200 g/mol. The highest BCUT2D eigenvalue weighted by atomic mass is 16.1. The topological polar surface area (TPSA) is 33.2 Å². The van der Waals surface area contributed by atoms with Crippen LogP contribution in [-0.4, -0.2) is 22.2 Å². The van der Waals surface area contributed by atoms with Crippen LogP contribution in [0.1, 0.15) is 5.56 Å². The zero-order chi connectivity index (χ0) is 10.5. The molecule has 1 aromatic rings. The third-order valence-electron chi connectivity index (χ3n) is 2.31. The van der Waals surface area contributed by atoms with Crippen molar-refractivity contribution >= 4 is 6.29 Å². The molecule has 1 aromatic heterocycles. The molecule has 76 valence electrons. The van der Waals surface area contributed by atoms with Crippen molar-refractivity contribution in [3.05, 3.63) is 54.5 Å². The lowest BCUT2D eigenvalue weighted by atomic mass is 10.2. The summed E-state index contributed by atoms with van der Waals surface area (Å²) in [7, 11) is 0. The van der Waals surface area contributed by atoms with E-state index in [2.05, 4.69) is 4.98 Å². The van der Waals surface area contributed by atoms with Crippen molar-refractivity contribution in [2.24, 2.45) is 0 Å². The lowest BCUT2D eigenvalue weighted by molar-refractivity contribution is -0.110. The molecule has 0 radical (unpaired) electrons. The molecule has 15 heavy (non-hydrogen) atoms. The summed E-state index contributed by atoms with van der Waals surface area (Å²) in [6, 6.07) is 3.74. The molecule has 2 heterocycles.